The second kappa shape index (κ2) is 10.6. The van der Waals surface area contributed by atoms with E-state index in [-0.39, 0.29) is 6.29 Å². The zero-order valence-corrected chi connectivity index (χ0v) is 8.63. The number of hydrogen-bond donors (Lipinski definition) is 4. The standard InChI is InChI=1S/C5H10O5.C4H10/c6-1-3(8)5(10)4(9)2-7;1-3-4-2/h1,3-5,7-10H,2H2;3-4H2,1-2H3/t3-,4-,5+;/m1./s1. The van der Waals surface area contributed by atoms with Crippen LogP contribution in [0.25, 0.3) is 0 Å². The summed E-state index contributed by atoms with van der Waals surface area (Å²) in [5.41, 5.74) is 0. The van der Waals surface area contributed by atoms with Gasteiger partial charge in [0.1, 0.15) is 18.3 Å². The molecule has 0 saturated carbocycles. The molecular formula is C9H20O5. The van der Waals surface area contributed by atoms with Crippen LogP contribution in [-0.2, 0) is 4.79 Å². The van der Waals surface area contributed by atoms with Crippen LogP contribution in [0.15, 0.2) is 0 Å². The van der Waals surface area contributed by atoms with Gasteiger partial charge in [-0.1, -0.05) is 26.7 Å². The number of carbonyl (C=O) groups excluding carboxylic acids is 1. The van der Waals surface area contributed by atoms with Crippen molar-refractivity contribution < 1.29 is 25.2 Å². The largest absolute Gasteiger partial charge is 0.394 e. The molecule has 3 atom stereocenters. The van der Waals surface area contributed by atoms with Crippen molar-refractivity contribution in [2.45, 2.75) is 45.0 Å². The molecule has 5 heteroatoms. The number of aliphatic hydroxyl groups excluding tert-OH is 4. The third-order valence-electron chi connectivity index (χ3n) is 1.57. The first-order chi connectivity index (χ1) is 6.54. The second-order valence-electron chi connectivity index (χ2n) is 2.87. The molecule has 0 spiro atoms. The Morgan fingerprint density at radius 1 is 1.14 bits per heavy atom. The van der Waals surface area contributed by atoms with E-state index in [4.69, 9.17) is 20.4 Å². The zero-order chi connectivity index (χ0) is 11.6. The molecule has 0 fully saturated rings. The van der Waals surface area contributed by atoms with Crippen molar-refractivity contribution in [3.8, 4) is 0 Å². The predicted molar refractivity (Wildman–Crippen MR) is 51.8 cm³/mol. The van der Waals surface area contributed by atoms with Gasteiger partial charge in [-0.2, -0.15) is 0 Å². The van der Waals surface area contributed by atoms with Gasteiger partial charge in [0.25, 0.3) is 0 Å². The molecule has 0 aromatic rings. The summed E-state index contributed by atoms with van der Waals surface area (Å²) in [6.07, 6.45) is -1.99. The molecule has 0 unspecified atom stereocenters. The van der Waals surface area contributed by atoms with Crippen molar-refractivity contribution in [2.75, 3.05) is 6.61 Å². The summed E-state index contributed by atoms with van der Waals surface area (Å²) in [6.45, 7) is 3.67. The van der Waals surface area contributed by atoms with E-state index in [1.165, 1.54) is 12.8 Å². The van der Waals surface area contributed by atoms with Gasteiger partial charge in [-0.15, -0.1) is 0 Å². The summed E-state index contributed by atoms with van der Waals surface area (Å²) < 4.78 is 0. The minimum absolute atomic E-state index is 0.0869. The maximum absolute atomic E-state index is 9.76. The number of carbonyl (C=O) groups is 1. The van der Waals surface area contributed by atoms with E-state index in [2.05, 4.69) is 13.8 Å². The van der Waals surface area contributed by atoms with Gasteiger partial charge in [-0.3, -0.25) is 0 Å². The molecule has 0 aliphatic heterocycles. The summed E-state index contributed by atoms with van der Waals surface area (Å²) in [7, 11) is 0. The first-order valence-corrected chi connectivity index (χ1v) is 4.65. The van der Waals surface area contributed by atoms with Crippen molar-refractivity contribution >= 4 is 6.29 Å². The molecule has 14 heavy (non-hydrogen) atoms. The summed E-state index contributed by atoms with van der Waals surface area (Å²) in [5.74, 6) is 0. The van der Waals surface area contributed by atoms with E-state index in [0.29, 0.717) is 0 Å². The Hall–Kier alpha value is -0.490. The van der Waals surface area contributed by atoms with E-state index in [0.717, 1.165) is 0 Å². The van der Waals surface area contributed by atoms with Crippen LogP contribution < -0.4 is 0 Å². The molecule has 0 aromatic carbocycles. The molecule has 5 nitrogen and oxygen atoms in total. The predicted octanol–water partition coefficient (Wildman–Crippen LogP) is -0.933. The van der Waals surface area contributed by atoms with Gasteiger partial charge in [-0.25, -0.2) is 0 Å². The molecule has 0 aromatic heterocycles. The lowest BCUT2D eigenvalue weighted by atomic mass is 10.1. The van der Waals surface area contributed by atoms with Gasteiger partial charge in [0.15, 0.2) is 6.29 Å². The average Bonchev–Trinajstić information content (AvgIpc) is 2.26. The average molecular weight is 208 g/mol. The number of aliphatic hydroxyl groups is 4. The van der Waals surface area contributed by atoms with E-state index >= 15 is 0 Å². The van der Waals surface area contributed by atoms with Crippen molar-refractivity contribution in [3.63, 3.8) is 0 Å². The van der Waals surface area contributed by atoms with E-state index in [1.54, 1.807) is 0 Å². The Bertz CT molecular complexity index is 126. The molecule has 0 heterocycles. The van der Waals surface area contributed by atoms with Crippen molar-refractivity contribution in [3.05, 3.63) is 0 Å². The van der Waals surface area contributed by atoms with Crippen LogP contribution >= 0.6 is 0 Å². The van der Waals surface area contributed by atoms with Crippen LogP contribution in [0.1, 0.15) is 26.7 Å². The summed E-state index contributed by atoms with van der Waals surface area (Å²) >= 11 is 0. The smallest absolute Gasteiger partial charge is 0.151 e. The monoisotopic (exact) mass is 208 g/mol. The van der Waals surface area contributed by atoms with Crippen LogP contribution in [0.4, 0.5) is 0 Å². The Balaban J connectivity index is 0. The van der Waals surface area contributed by atoms with Crippen LogP contribution in [0, 0.1) is 0 Å². The van der Waals surface area contributed by atoms with Crippen LogP contribution in [0.2, 0.25) is 0 Å². The molecule has 4 N–H and O–H groups in total. The molecule has 0 radical (unpaired) electrons. The SMILES string of the molecule is CCCC.O=C[C@@H](O)[C@H](O)[C@H](O)CO. The van der Waals surface area contributed by atoms with Gasteiger partial charge in [-0.05, 0) is 0 Å². The molecular weight excluding hydrogens is 188 g/mol. The molecule has 0 saturated heterocycles. The van der Waals surface area contributed by atoms with Crippen LogP contribution in [-0.4, -0.2) is 51.6 Å². The third kappa shape index (κ3) is 8.12. The number of unbranched alkanes of at least 4 members (excludes halogenated alkanes) is 1. The van der Waals surface area contributed by atoms with Gasteiger partial charge in [0, 0.05) is 0 Å². The number of rotatable bonds is 5. The highest BCUT2D eigenvalue weighted by molar-refractivity contribution is 5.56. The molecule has 0 amide bonds. The zero-order valence-electron chi connectivity index (χ0n) is 8.63. The Kier molecular flexibility index (Phi) is 12.1. The highest BCUT2D eigenvalue weighted by atomic mass is 16.4. The maximum atomic E-state index is 9.76. The van der Waals surface area contributed by atoms with Crippen molar-refractivity contribution in [1.29, 1.82) is 0 Å². The lowest BCUT2D eigenvalue weighted by molar-refractivity contribution is -0.127. The fourth-order valence-electron chi connectivity index (χ4n) is 0.416. The minimum atomic E-state index is -1.64. The first kappa shape index (κ1) is 16.0. The number of aldehydes is 1. The van der Waals surface area contributed by atoms with E-state index in [1.807, 2.05) is 0 Å². The Morgan fingerprint density at radius 3 is 1.79 bits per heavy atom. The van der Waals surface area contributed by atoms with E-state index in [9.17, 15) is 4.79 Å². The molecule has 0 aliphatic carbocycles. The Labute approximate surface area is 84.0 Å². The first-order valence-electron chi connectivity index (χ1n) is 4.65. The third-order valence-corrected chi connectivity index (χ3v) is 1.57. The molecule has 0 aliphatic rings. The highest BCUT2D eigenvalue weighted by Crippen LogP contribution is 1.96. The topological polar surface area (TPSA) is 98.0 Å². The van der Waals surface area contributed by atoms with Crippen LogP contribution in [0.5, 0.6) is 0 Å². The van der Waals surface area contributed by atoms with Gasteiger partial charge in [0.05, 0.1) is 6.61 Å². The summed E-state index contributed by atoms with van der Waals surface area (Å²) in [5, 5.41) is 34.1. The van der Waals surface area contributed by atoms with Gasteiger partial charge in [0.2, 0.25) is 0 Å². The molecule has 86 valence electrons. The lowest BCUT2D eigenvalue weighted by Gasteiger charge is -2.16. The van der Waals surface area contributed by atoms with Crippen LogP contribution in [0.3, 0.4) is 0 Å². The number of hydrogen-bond acceptors (Lipinski definition) is 5. The normalized spacial score (nSPS) is 16.1. The van der Waals surface area contributed by atoms with Gasteiger partial charge < -0.3 is 25.2 Å². The molecule has 0 rings (SSSR count). The quantitative estimate of drug-likeness (QED) is 0.437. The van der Waals surface area contributed by atoms with Gasteiger partial charge >= 0.3 is 0 Å². The second-order valence-corrected chi connectivity index (χ2v) is 2.87. The Morgan fingerprint density at radius 2 is 1.57 bits per heavy atom. The van der Waals surface area contributed by atoms with Crippen molar-refractivity contribution in [2.24, 2.45) is 0 Å². The fraction of sp³-hybridized carbons (Fsp3) is 0.889. The van der Waals surface area contributed by atoms with E-state index < -0.39 is 24.9 Å². The molecule has 0 bridgehead atoms. The fourth-order valence-corrected chi connectivity index (χ4v) is 0.416. The summed E-state index contributed by atoms with van der Waals surface area (Å²) in [4.78, 5) is 9.76. The highest BCUT2D eigenvalue weighted by Gasteiger charge is 2.22. The lowest BCUT2D eigenvalue weighted by Crippen LogP contribution is -2.40. The van der Waals surface area contributed by atoms with Crippen molar-refractivity contribution in [1.82, 2.24) is 0 Å². The summed E-state index contributed by atoms with van der Waals surface area (Å²) in [6, 6.07) is 0. The maximum Gasteiger partial charge on any atom is 0.151 e. The minimum Gasteiger partial charge on any atom is -0.394 e.